The van der Waals surface area contributed by atoms with Crippen LogP contribution in [0.4, 0.5) is 5.82 Å². The van der Waals surface area contributed by atoms with Gasteiger partial charge in [-0.25, -0.2) is 9.97 Å². The molecule has 138 valence electrons. The molecular weight excluding hydrogens is 367 g/mol. The molecule has 8 heteroatoms. The number of aryl methyl sites for hydroxylation is 1. The number of thioether (sulfide) groups is 1. The van der Waals surface area contributed by atoms with Gasteiger partial charge in [0.25, 0.3) is 0 Å². The molecule has 3 rings (SSSR count). The molecule has 0 N–H and O–H groups in total. The lowest BCUT2D eigenvalue weighted by Gasteiger charge is -2.36. The number of piperazine rings is 1. The van der Waals surface area contributed by atoms with E-state index >= 15 is 0 Å². The number of likely N-dealkylation sites (N-methyl/N-ethyl adjacent to an activating group) is 1. The van der Waals surface area contributed by atoms with Crippen LogP contribution in [0, 0.1) is 0 Å². The highest BCUT2D eigenvalue weighted by atomic mass is 35.5. The zero-order valence-corrected chi connectivity index (χ0v) is 16.9. The molecule has 0 aromatic carbocycles. The summed E-state index contributed by atoms with van der Waals surface area (Å²) in [4.78, 5) is 16.0. The van der Waals surface area contributed by atoms with Gasteiger partial charge in [-0.2, -0.15) is 0 Å². The predicted molar refractivity (Wildman–Crippen MR) is 105 cm³/mol. The molecule has 24 heavy (non-hydrogen) atoms. The number of aromatic nitrogens is 2. The van der Waals surface area contributed by atoms with Crippen molar-refractivity contribution >= 4 is 42.4 Å². The van der Waals surface area contributed by atoms with Crippen molar-refractivity contribution < 1.29 is 4.74 Å². The Hall–Kier alpha value is -0.270. The minimum atomic E-state index is 0. The van der Waals surface area contributed by atoms with Gasteiger partial charge < -0.3 is 14.5 Å². The predicted octanol–water partition coefficient (Wildman–Crippen LogP) is 2.69. The molecule has 0 saturated carbocycles. The first-order valence-electron chi connectivity index (χ1n) is 8.30. The molecule has 3 heterocycles. The smallest absolute Gasteiger partial charge is 0.146 e. The van der Waals surface area contributed by atoms with Crippen LogP contribution in [0.5, 0.6) is 0 Å². The summed E-state index contributed by atoms with van der Waals surface area (Å²) in [5, 5.41) is 0. The van der Waals surface area contributed by atoms with E-state index in [2.05, 4.69) is 16.7 Å². The van der Waals surface area contributed by atoms with Gasteiger partial charge in [0.15, 0.2) is 0 Å². The lowest BCUT2D eigenvalue weighted by atomic mass is 10.2. The van der Waals surface area contributed by atoms with Gasteiger partial charge in [0.05, 0.1) is 17.2 Å². The van der Waals surface area contributed by atoms with Crippen molar-refractivity contribution in [1.29, 1.82) is 0 Å². The van der Waals surface area contributed by atoms with Gasteiger partial charge in [0.1, 0.15) is 11.6 Å². The first kappa shape index (κ1) is 21.8. The first-order chi connectivity index (χ1) is 10.8. The van der Waals surface area contributed by atoms with Crippen LogP contribution >= 0.6 is 36.6 Å². The summed E-state index contributed by atoms with van der Waals surface area (Å²) in [6.45, 7) is 8.48. The zero-order valence-electron chi connectivity index (χ0n) is 14.5. The van der Waals surface area contributed by atoms with E-state index in [1.54, 1.807) is 7.11 Å². The Balaban J connectivity index is 0.00000144. The highest BCUT2D eigenvalue weighted by Crippen LogP contribution is 2.36. The van der Waals surface area contributed by atoms with E-state index in [1.165, 1.54) is 28.6 Å². The maximum atomic E-state index is 5.20. The molecule has 0 unspecified atom stereocenters. The number of anilines is 1. The average molecular weight is 395 g/mol. The van der Waals surface area contributed by atoms with Gasteiger partial charge in [0.2, 0.25) is 0 Å². The third-order valence-corrected chi connectivity index (χ3v) is 5.62. The SMILES string of the molecule is CCN1CCN(c2nc(CCOC)nc3c2SCCC3)CC1.Cl.Cl. The Morgan fingerprint density at radius 3 is 2.54 bits per heavy atom. The molecule has 0 spiro atoms. The molecule has 1 aromatic heterocycles. The van der Waals surface area contributed by atoms with Crippen molar-refractivity contribution in [3.8, 4) is 0 Å². The molecule has 0 radical (unpaired) electrons. The summed E-state index contributed by atoms with van der Waals surface area (Å²) in [5.41, 5.74) is 1.25. The van der Waals surface area contributed by atoms with E-state index in [0.29, 0.717) is 6.61 Å². The quantitative estimate of drug-likeness (QED) is 0.764. The number of nitrogens with zero attached hydrogens (tertiary/aromatic N) is 4. The van der Waals surface area contributed by atoms with Gasteiger partial charge in [0, 0.05) is 39.7 Å². The van der Waals surface area contributed by atoms with Crippen molar-refractivity contribution in [2.24, 2.45) is 0 Å². The van der Waals surface area contributed by atoms with Crippen molar-refractivity contribution in [1.82, 2.24) is 14.9 Å². The number of halogens is 2. The lowest BCUT2D eigenvalue weighted by molar-refractivity contribution is 0.200. The van der Waals surface area contributed by atoms with Gasteiger partial charge >= 0.3 is 0 Å². The molecule has 0 aliphatic carbocycles. The normalized spacial score (nSPS) is 17.7. The molecule has 0 bridgehead atoms. The summed E-state index contributed by atoms with van der Waals surface area (Å²) in [5.74, 6) is 3.31. The first-order valence-corrected chi connectivity index (χ1v) is 9.29. The zero-order chi connectivity index (χ0) is 15.4. The second-order valence-electron chi connectivity index (χ2n) is 5.86. The summed E-state index contributed by atoms with van der Waals surface area (Å²) in [6.07, 6.45) is 3.12. The van der Waals surface area contributed by atoms with E-state index in [1.807, 2.05) is 11.8 Å². The van der Waals surface area contributed by atoms with Crippen LogP contribution < -0.4 is 4.90 Å². The maximum absolute atomic E-state index is 5.20. The second-order valence-corrected chi connectivity index (χ2v) is 6.96. The molecule has 2 aliphatic rings. The number of rotatable bonds is 5. The fourth-order valence-corrected chi connectivity index (χ4v) is 4.17. The molecule has 5 nitrogen and oxygen atoms in total. The molecule has 1 saturated heterocycles. The Morgan fingerprint density at radius 1 is 1.12 bits per heavy atom. The fourth-order valence-electron chi connectivity index (χ4n) is 3.06. The second kappa shape index (κ2) is 10.7. The van der Waals surface area contributed by atoms with E-state index in [4.69, 9.17) is 14.7 Å². The molecule has 0 amide bonds. The van der Waals surface area contributed by atoms with Crippen LogP contribution in [0.25, 0.3) is 0 Å². The summed E-state index contributed by atoms with van der Waals surface area (Å²) < 4.78 is 5.20. The molecule has 2 aliphatic heterocycles. The van der Waals surface area contributed by atoms with Crippen molar-refractivity contribution in [2.45, 2.75) is 31.1 Å². The van der Waals surface area contributed by atoms with Gasteiger partial charge in [-0.15, -0.1) is 36.6 Å². The molecule has 1 aromatic rings. The fraction of sp³-hybridized carbons (Fsp3) is 0.750. The summed E-state index contributed by atoms with van der Waals surface area (Å²) >= 11 is 1.94. The number of ether oxygens (including phenoxy) is 1. The van der Waals surface area contributed by atoms with Crippen LogP contribution in [-0.4, -0.2) is 67.1 Å². The Kier molecular flexibility index (Phi) is 9.67. The largest absolute Gasteiger partial charge is 0.384 e. The van der Waals surface area contributed by atoms with E-state index in [0.717, 1.165) is 51.4 Å². The Labute approximate surface area is 161 Å². The van der Waals surface area contributed by atoms with Crippen molar-refractivity contribution in [3.05, 3.63) is 11.5 Å². The number of methoxy groups -OCH3 is 1. The highest BCUT2D eigenvalue weighted by molar-refractivity contribution is 7.99. The average Bonchev–Trinajstić information content (AvgIpc) is 2.59. The maximum Gasteiger partial charge on any atom is 0.146 e. The molecular formula is C16H28Cl2N4OS. The van der Waals surface area contributed by atoms with Crippen LogP contribution in [0.1, 0.15) is 24.9 Å². The van der Waals surface area contributed by atoms with Gasteiger partial charge in [-0.05, 0) is 25.1 Å². The van der Waals surface area contributed by atoms with Crippen LogP contribution in [0.3, 0.4) is 0 Å². The monoisotopic (exact) mass is 394 g/mol. The molecule has 1 fully saturated rings. The third-order valence-electron chi connectivity index (χ3n) is 4.42. The standard InChI is InChI=1S/C16H26N4OS.2ClH/c1-3-19-7-9-20(10-8-19)16-15-13(5-4-12-22-15)17-14(18-16)6-11-21-2;;/h3-12H2,1-2H3;2*1H. The highest BCUT2D eigenvalue weighted by Gasteiger charge is 2.24. The topological polar surface area (TPSA) is 41.5 Å². The summed E-state index contributed by atoms with van der Waals surface area (Å²) in [6, 6.07) is 0. The van der Waals surface area contributed by atoms with Crippen LogP contribution in [0.15, 0.2) is 4.90 Å². The minimum absolute atomic E-state index is 0. The van der Waals surface area contributed by atoms with Crippen molar-refractivity contribution in [3.63, 3.8) is 0 Å². The number of fused-ring (bicyclic) bond motifs is 1. The van der Waals surface area contributed by atoms with E-state index in [9.17, 15) is 0 Å². The minimum Gasteiger partial charge on any atom is -0.384 e. The third kappa shape index (κ3) is 5.11. The van der Waals surface area contributed by atoms with Gasteiger partial charge in [-0.3, -0.25) is 0 Å². The Bertz CT molecular complexity index is 513. The van der Waals surface area contributed by atoms with Crippen molar-refractivity contribution in [2.75, 3.05) is 57.1 Å². The summed E-state index contributed by atoms with van der Waals surface area (Å²) in [7, 11) is 1.74. The van der Waals surface area contributed by atoms with Gasteiger partial charge in [-0.1, -0.05) is 6.92 Å². The number of hydrogen-bond donors (Lipinski definition) is 0. The molecule has 0 atom stereocenters. The number of hydrogen-bond acceptors (Lipinski definition) is 6. The lowest BCUT2D eigenvalue weighted by Crippen LogP contribution is -2.46. The Morgan fingerprint density at radius 2 is 1.88 bits per heavy atom. The van der Waals surface area contributed by atoms with Crippen LogP contribution in [-0.2, 0) is 17.6 Å². The van der Waals surface area contributed by atoms with E-state index < -0.39 is 0 Å². The van der Waals surface area contributed by atoms with E-state index in [-0.39, 0.29) is 24.8 Å². The van der Waals surface area contributed by atoms with Crippen LogP contribution in [0.2, 0.25) is 0 Å².